The fraction of sp³-hybridized carbons (Fsp3) is 0.100. The molecule has 0 amide bonds. The Morgan fingerprint density at radius 3 is 2.83 bits per heavy atom. The summed E-state index contributed by atoms with van der Waals surface area (Å²) in [4.78, 5) is 0. The highest BCUT2D eigenvalue weighted by atomic mass is 35.5. The molecule has 63 valence electrons. The minimum atomic E-state index is -0.263. The number of allylic oxidation sites excluding steroid dienone is 1. The fourth-order valence-electron chi connectivity index (χ4n) is 0.929. The van der Waals surface area contributed by atoms with E-state index in [1.54, 1.807) is 24.6 Å². The molecule has 0 bridgehead atoms. The van der Waals surface area contributed by atoms with E-state index in [1.165, 1.54) is 6.07 Å². The molecule has 0 atom stereocenters. The maximum atomic E-state index is 13.0. The summed E-state index contributed by atoms with van der Waals surface area (Å²) in [6.45, 7) is 3.51. The Morgan fingerprint density at radius 2 is 2.25 bits per heavy atom. The second kappa shape index (κ2) is 4.27. The van der Waals surface area contributed by atoms with E-state index >= 15 is 0 Å². The van der Waals surface area contributed by atoms with Crippen molar-refractivity contribution in [2.24, 2.45) is 0 Å². The van der Waals surface area contributed by atoms with Gasteiger partial charge >= 0.3 is 0 Å². The molecule has 0 aromatic heterocycles. The van der Waals surface area contributed by atoms with Gasteiger partial charge < -0.3 is 0 Å². The third kappa shape index (κ3) is 2.08. The molecule has 1 radical (unpaired) electrons. The van der Waals surface area contributed by atoms with Gasteiger partial charge in [-0.3, -0.25) is 0 Å². The molecule has 1 aromatic rings. The summed E-state index contributed by atoms with van der Waals surface area (Å²) in [5.41, 5.74) is 0.527. The molecule has 1 rings (SSSR count). The summed E-state index contributed by atoms with van der Waals surface area (Å²) in [6.07, 6.45) is 3.89. The Labute approximate surface area is 76.7 Å². The first-order valence-corrected chi connectivity index (χ1v) is 4.00. The summed E-state index contributed by atoms with van der Waals surface area (Å²) >= 11 is 5.77. The van der Waals surface area contributed by atoms with Crippen molar-refractivity contribution in [3.05, 3.63) is 53.7 Å². The van der Waals surface area contributed by atoms with E-state index in [2.05, 4.69) is 6.58 Å². The minimum absolute atomic E-state index is 0.263. The van der Waals surface area contributed by atoms with Crippen molar-refractivity contribution >= 4 is 11.6 Å². The standard InChI is InChI=1S/C10H9ClF/c1-2-3-5-8-9(11)6-4-7-10(8)12/h2-4,6-7H,1,5H2. The third-order valence-electron chi connectivity index (χ3n) is 1.55. The SMILES string of the molecule is C=C[CH]Cc1c(F)cccc1Cl. The number of hydrogen-bond acceptors (Lipinski definition) is 0. The molecule has 0 unspecified atom stereocenters. The molecule has 0 N–H and O–H groups in total. The van der Waals surface area contributed by atoms with E-state index in [9.17, 15) is 4.39 Å². The van der Waals surface area contributed by atoms with E-state index < -0.39 is 0 Å². The molecule has 0 nitrogen and oxygen atoms in total. The number of hydrogen-bond donors (Lipinski definition) is 0. The van der Waals surface area contributed by atoms with Crippen molar-refractivity contribution in [1.29, 1.82) is 0 Å². The lowest BCUT2D eigenvalue weighted by Gasteiger charge is -2.02. The average Bonchev–Trinajstić information content (AvgIpc) is 2.04. The molecule has 0 spiro atoms. The van der Waals surface area contributed by atoms with Crippen LogP contribution in [0.3, 0.4) is 0 Å². The fourth-order valence-corrected chi connectivity index (χ4v) is 1.17. The average molecular weight is 184 g/mol. The van der Waals surface area contributed by atoms with Crippen molar-refractivity contribution in [1.82, 2.24) is 0 Å². The summed E-state index contributed by atoms with van der Waals surface area (Å²) < 4.78 is 13.0. The van der Waals surface area contributed by atoms with Gasteiger partial charge in [-0.1, -0.05) is 23.7 Å². The van der Waals surface area contributed by atoms with E-state index in [0.717, 1.165) is 0 Å². The van der Waals surface area contributed by atoms with Crippen LogP contribution in [0.1, 0.15) is 5.56 Å². The van der Waals surface area contributed by atoms with Crippen LogP contribution in [0.5, 0.6) is 0 Å². The second-order valence-corrected chi connectivity index (χ2v) is 2.78. The molecule has 0 aliphatic carbocycles. The maximum absolute atomic E-state index is 13.0. The first-order chi connectivity index (χ1) is 5.75. The van der Waals surface area contributed by atoms with Crippen LogP contribution in [0.15, 0.2) is 30.9 Å². The van der Waals surface area contributed by atoms with E-state index in [-0.39, 0.29) is 5.82 Å². The Morgan fingerprint density at radius 1 is 1.50 bits per heavy atom. The Hall–Kier alpha value is -0.820. The maximum Gasteiger partial charge on any atom is 0.127 e. The topological polar surface area (TPSA) is 0 Å². The van der Waals surface area contributed by atoms with Crippen LogP contribution in [0.2, 0.25) is 5.02 Å². The molecule has 0 saturated carbocycles. The van der Waals surface area contributed by atoms with Crippen LogP contribution in [-0.2, 0) is 6.42 Å². The van der Waals surface area contributed by atoms with Gasteiger partial charge in [0.2, 0.25) is 0 Å². The van der Waals surface area contributed by atoms with Gasteiger partial charge in [-0.05, 0) is 25.0 Å². The smallest absolute Gasteiger partial charge is 0.127 e. The molecular weight excluding hydrogens is 175 g/mol. The number of halogens is 2. The van der Waals surface area contributed by atoms with Gasteiger partial charge in [0.25, 0.3) is 0 Å². The van der Waals surface area contributed by atoms with Gasteiger partial charge in [0.15, 0.2) is 0 Å². The Bertz CT molecular complexity index is 261. The van der Waals surface area contributed by atoms with Crippen molar-refractivity contribution in [2.75, 3.05) is 0 Å². The lowest BCUT2D eigenvalue weighted by Crippen LogP contribution is -1.90. The zero-order valence-electron chi connectivity index (χ0n) is 6.56. The Balaban J connectivity index is 2.88. The van der Waals surface area contributed by atoms with Crippen molar-refractivity contribution < 1.29 is 4.39 Å². The van der Waals surface area contributed by atoms with Gasteiger partial charge in [0.1, 0.15) is 5.82 Å². The molecular formula is C10H9ClF. The quantitative estimate of drug-likeness (QED) is 0.674. The largest absolute Gasteiger partial charge is 0.207 e. The van der Waals surface area contributed by atoms with Gasteiger partial charge in [-0.25, -0.2) is 4.39 Å². The minimum Gasteiger partial charge on any atom is -0.207 e. The first kappa shape index (κ1) is 9.27. The lowest BCUT2D eigenvalue weighted by atomic mass is 10.1. The highest BCUT2D eigenvalue weighted by Gasteiger charge is 2.04. The third-order valence-corrected chi connectivity index (χ3v) is 1.90. The van der Waals surface area contributed by atoms with Gasteiger partial charge in [-0.15, -0.1) is 6.58 Å². The molecule has 2 heteroatoms. The molecule has 1 aromatic carbocycles. The molecule has 0 aliphatic heterocycles. The molecule has 0 aliphatic rings. The highest BCUT2D eigenvalue weighted by molar-refractivity contribution is 6.31. The summed E-state index contributed by atoms with van der Waals surface area (Å²) in [7, 11) is 0. The molecule has 0 fully saturated rings. The van der Waals surface area contributed by atoms with Crippen molar-refractivity contribution in [3.8, 4) is 0 Å². The van der Waals surface area contributed by atoms with Gasteiger partial charge in [0.05, 0.1) is 0 Å². The first-order valence-electron chi connectivity index (χ1n) is 3.63. The number of benzene rings is 1. The normalized spacial score (nSPS) is 9.83. The summed E-state index contributed by atoms with van der Waals surface area (Å²) in [6, 6.07) is 4.67. The van der Waals surface area contributed by atoms with Gasteiger partial charge in [0, 0.05) is 10.6 Å². The Kier molecular flexibility index (Phi) is 3.30. The van der Waals surface area contributed by atoms with Gasteiger partial charge in [-0.2, -0.15) is 0 Å². The van der Waals surface area contributed by atoms with Crippen LogP contribution >= 0.6 is 11.6 Å². The van der Waals surface area contributed by atoms with E-state index in [4.69, 9.17) is 11.6 Å². The molecule has 12 heavy (non-hydrogen) atoms. The predicted molar refractivity (Wildman–Crippen MR) is 49.6 cm³/mol. The zero-order chi connectivity index (χ0) is 8.97. The summed E-state index contributed by atoms with van der Waals surface area (Å²) in [5, 5.41) is 0.466. The lowest BCUT2D eigenvalue weighted by molar-refractivity contribution is 0.614. The predicted octanol–water partition coefficient (Wildman–Crippen LogP) is 3.41. The molecule has 0 saturated heterocycles. The van der Waals surface area contributed by atoms with Crippen LogP contribution in [-0.4, -0.2) is 0 Å². The number of rotatable bonds is 3. The van der Waals surface area contributed by atoms with E-state index in [0.29, 0.717) is 17.0 Å². The van der Waals surface area contributed by atoms with Crippen molar-refractivity contribution in [3.63, 3.8) is 0 Å². The second-order valence-electron chi connectivity index (χ2n) is 2.38. The van der Waals surface area contributed by atoms with Crippen LogP contribution in [0.25, 0.3) is 0 Å². The zero-order valence-corrected chi connectivity index (χ0v) is 7.31. The van der Waals surface area contributed by atoms with Crippen LogP contribution < -0.4 is 0 Å². The highest BCUT2D eigenvalue weighted by Crippen LogP contribution is 2.19. The van der Waals surface area contributed by atoms with Crippen molar-refractivity contribution in [2.45, 2.75) is 6.42 Å². The van der Waals surface area contributed by atoms with E-state index in [1.807, 2.05) is 0 Å². The monoisotopic (exact) mass is 183 g/mol. The molecule has 0 heterocycles. The van der Waals surface area contributed by atoms with Crippen LogP contribution in [0, 0.1) is 12.2 Å². The summed E-state index contributed by atoms with van der Waals surface area (Å²) in [5.74, 6) is -0.263. The van der Waals surface area contributed by atoms with Crippen LogP contribution in [0.4, 0.5) is 4.39 Å².